The summed E-state index contributed by atoms with van der Waals surface area (Å²) in [5, 5.41) is 8.90. The van der Waals surface area contributed by atoms with Gasteiger partial charge in [-0.05, 0) is 59.7 Å². The first-order valence-corrected chi connectivity index (χ1v) is 10.9. The highest BCUT2D eigenvalue weighted by Gasteiger charge is 2.35. The van der Waals surface area contributed by atoms with E-state index in [9.17, 15) is 14.9 Å². The summed E-state index contributed by atoms with van der Waals surface area (Å²) in [4.78, 5) is 26.7. The number of amides is 2. The van der Waals surface area contributed by atoms with E-state index in [1.165, 1.54) is 10.5 Å². The van der Waals surface area contributed by atoms with Crippen LogP contribution in [0.5, 0.6) is 5.75 Å². The summed E-state index contributed by atoms with van der Waals surface area (Å²) in [6.07, 6.45) is 1.70. The normalized spacial score (nSPS) is 14.6. The molecular weight excluding hydrogens is 420 g/mol. The fourth-order valence-electron chi connectivity index (χ4n) is 3.35. The Morgan fingerprint density at radius 1 is 1.03 bits per heavy atom. The molecule has 0 N–H and O–H groups in total. The summed E-state index contributed by atoms with van der Waals surface area (Å²) in [6, 6.07) is 24.6. The molecule has 1 fully saturated rings. The van der Waals surface area contributed by atoms with Crippen molar-refractivity contribution < 1.29 is 14.3 Å². The highest BCUT2D eigenvalue weighted by Crippen LogP contribution is 2.33. The quantitative estimate of drug-likeness (QED) is 0.461. The largest absolute Gasteiger partial charge is 0.489 e. The Bertz CT molecular complexity index is 1240. The van der Waals surface area contributed by atoms with Gasteiger partial charge in [-0.15, -0.1) is 0 Å². The zero-order valence-corrected chi connectivity index (χ0v) is 18.3. The number of ether oxygens (including phenoxy) is 1. The van der Waals surface area contributed by atoms with Gasteiger partial charge in [0.05, 0.1) is 23.1 Å². The van der Waals surface area contributed by atoms with Crippen molar-refractivity contribution in [1.29, 1.82) is 5.26 Å². The molecule has 0 aliphatic carbocycles. The molecule has 0 spiro atoms. The fraction of sp³-hybridized carbons (Fsp3) is 0.115. The number of carbonyl (C=O) groups is 2. The van der Waals surface area contributed by atoms with Gasteiger partial charge in [0, 0.05) is 0 Å². The van der Waals surface area contributed by atoms with Crippen molar-refractivity contribution in [3.8, 4) is 11.8 Å². The molecule has 0 radical (unpaired) electrons. The van der Waals surface area contributed by atoms with Crippen LogP contribution in [0.25, 0.3) is 6.08 Å². The number of nitrogens with zero attached hydrogens (tertiary/aromatic N) is 2. The summed E-state index contributed by atoms with van der Waals surface area (Å²) in [5.41, 5.74) is 4.19. The van der Waals surface area contributed by atoms with Gasteiger partial charge >= 0.3 is 0 Å². The third kappa shape index (κ3) is 4.90. The number of imide groups is 1. The maximum atomic E-state index is 12.8. The van der Waals surface area contributed by atoms with E-state index in [1.807, 2.05) is 49.4 Å². The van der Waals surface area contributed by atoms with E-state index in [1.54, 1.807) is 30.3 Å². The second kappa shape index (κ2) is 9.54. The lowest BCUT2D eigenvalue weighted by molar-refractivity contribution is -0.123. The first kappa shape index (κ1) is 21.4. The van der Waals surface area contributed by atoms with Gasteiger partial charge in [0.15, 0.2) is 0 Å². The Labute approximate surface area is 190 Å². The minimum atomic E-state index is -0.354. The molecule has 1 heterocycles. The van der Waals surface area contributed by atoms with Crippen molar-refractivity contribution >= 4 is 29.0 Å². The third-order valence-corrected chi connectivity index (χ3v) is 5.91. The Kier molecular flexibility index (Phi) is 6.39. The first-order chi connectivity index (χ1) is 15.5. The molecule has 2 amide bonds. The van der Waals surface area contributed by atoms with Crippen LogP contribution in [0.15, 0.2) is 77.7 Å². The molecule has 0 aromatic heterocycles. The maximum absolute atomic E-state index is 12.8. The van der Waals surface area contributed by atoms with E-state index >= 15 is 0 Å². The maximum Gasteiger partial charge on any atom is 0.293 e. The van der Waals surface area contributed by atoms with Gasteiger partial charge in [-0.1, -0.05) is 60.2 Å². The minimum absolute atomic E-state index is 0.0808. The Hall–Kier alpha value is -3.82. The number of carbonyl (C=O) groups excluding carboxylic acids is 2. The molecule has 1 saturated heterocycles. The second-order valence-electron chi connectivity index (χ2n) is 7.38. The summed E-state index contributed by atoms with van der Waals surface area (Å²) < 4.78 is 5.83. The van der Waals surface area contributed by atoms with Crippen molar-refractivity contribution in [2.75, 3.05) is 0 Å². The highest BCUT2D eigenvalue weighted by molar-refractivity contribution is 8.18. The van der Waals surface area contributed by atoms with E-state index < -0.39 is 0 Å². The van der Waals surface area contributed by atoms with Crippen LogP contribution in [0.1, 0.15) is 27.8 Å². The molecule has 5 nitrogen and oxygen atoms in total. The molecule has 4 rings (SSSR count). The van der Waals surface area contributed by atoms with E-state index in [-0.39, 0.29) is 17.7 Å². The number of hydrogen-bond donors (Lipinski definition) is 0. The smallest absolute Gasteiger partial charge is 0.293 e. The number of nitriles is 1. The van der Waals surface area contributed by atoms with Gasteiger partial charge in [-0.2, -0.15) is 5.26 Å². The van der Waals surface area contributed by atoms with Gasteiger partial charge < -0.3 is 4.74 Å². The summed E-state index contributed by atoms with van der Waals surface area (Å²) in [5.74, 6) is 0.373. The monoisotopic (exact) mass is 440 g/mol. The molecule has 0 bridgehead atoms. The Balaban J connectivity index is 1.43. The summed E-state index contributed by atoms with van der Waals surface area (Å²) in [7, 11) is 0. The molecule has 0 unspecified atom stereocenters. The molecule has 0 atom stereocenters. The number of benzene rings is 3. The van der Waals surface area contributed by atoms with E-state index in [2.05, 4.69) is 12.1 Å². The van der Waals surface area contributed by atoms with Gasteiger partial charge in [0.1, 0.15) is 12.4 Å². The molecule has 0 saturated carbocycles. The van der Waals surface area contributed by atoms with Crippen LogP contribution in [0, 0.1) is 18.3 Å². The fourth-order valence-corrected chi connectivity index (χ4v) is 4.19. The predicted molar refractivity (Wildman–Crippen MR) is 125 cm³/mol. The van der Waals surface area contributed by atoms with E-state index in [0.717, 1.165) is 28.6 Å². The molecular formula is C26H20N2O3S. The number of hydrogen-bond acceptors (Lipinski definition) is 5. The highest BCUT2D eigenvalue weighted by atomic mass is 32.2. The summed E-state index contributed by atoms with van der Waals surface area (Å²) in [6.45, 7) is 2.60. The lowest BCUT2D eigenvalue weighted by Crippen LogP contribution is -2.27. The zero-order chi connectivity index (χ0) is 22.5. The van der Waals surface area contributed by atoms with Gasteiger partial charge in [-0.3, -0.25) is 14.5 Å². The predicted octanol–water partition coefficient (Wildman–Crippen LogP) is 5.68. The second-order valence-corrected chi connectivity index (χ2v) is 8.38. The molecule has 32 heavy (non-hydrogen) atoms. The average molecular weight is 441 g/mol. The molecule has 3 aromatic rings. The van der Waals surface area contributed by atoms with Crippen molar-refractivity contribution in [1.82, 2.24) is 4.90 Å². The molecule has 158 valence electrons. The molecule has 1 aliphatic heterocycles. The standard InChI is InChI=1S/C26H20N2O3S/c1-18-5-4-6-20(13-18)17-31-23-11-9-19(10-12-23)14-24-25(29)28(26(30)32-24)16-22-8-3-2-7-21(22)15-27/h2-14H,16-17H2,1H3/b24-14+. The molecule has 6 heteroatoms. The number of thioether (sulfide) groups is 1. The van der Waals surface area contributed by atoms with E-state index in [0.29, 0.717) is 22.6 Å². The summed E-state index contributed by atoms with van der Waals surface area (Å²) >= 11 is 0.907. The van der Waals surface area contributed by atoms with Crippen molar-refractivity contribution in [2.45, 2.75) is 20.1 Å². The average Bonchev–Trinajstić information content (AvgIpc) is 3.06. The van der Waals surface area contributed by atoms with Crippen LogP contribution in [0.2, 0.25) is 0 Å². The first-order valence-electron chi connectivity index (χ1n) is 10.1. The van der Waals surface area contributed by atoms with Crippen LogP contribution in [-0.2, 0) is 17.9 Å². The number of aryl methyl sites for hydroxylation is 1. The van der Waals surface area contributed by atoms with Crippen LogP contribution in [0.3, 0.4) is 0 Å². The van der Waals surface area contributed by atoms with Gasteiger partial charge in [0.2, 0.25) is 0 Å². The Morgan fingerprint density at radius 3 is 2.56 bits per heavy atom. The third-order valence-electron chi connectivity index (χ3n) is 5.01. The van der Waals surface area contributed by atoms with Crippen LogP contribution < -0.4 is 4.74 Å². The van der Waals surface area contributed by atoms with Crippen molar-refractivity contribution in [2.24, 2.45) is 0 Å². The SMILES string of the molecule is Cc1cccc(COc2ccc(/C=C3/SC(=O)N(Cc4ccccc4C#N)C3=O)cc2)c1. The topological polar surface area (TPSA) is 70.4 Å². The van der Waals surface area contributed by atoms with Crippen molar-refractivity contribution in [3.63, 3.8) is 0 Å². The molecule has 1 aliphatic rings. The Morgan fingerprint density at radius 2 is 1.81 bits per heavy atom. The van der Waals surface area contributed by atoms with Crippen LogP contribution in [0.4, 0.5) is 4.79 Å². The van der Waals surface area contributed by atoms with Gasteiger partial charge in [0.25, 0.3) is 11.1 Å². The molecule has 3 aromatic carbocycles. The van der Waals surface area contributed by atoms with Crippen molar-refractivity contribution in [3.05, 3.63) is 106 Å². The van der Waals surface area contributed by atoms with Gasteiger partial charge in [-0.25, -0.2) is 0 Å². The lowest BCUT2D eigenvalue weighted by Gasteiger charge is -2.13. The lowest BCUT2D eigenvalue weighted by atomic mass is 10.1. The van der Waals surface area contributed by atoms with E-state index in [4.69, 9.17) is 4.74 Å². The van der Waals surface area contributed by atoms with Crippen LogP contribution in [-0.4, -0.2) is 16.0 Å². The van der Waals surface area contributed by atoms with Crippen LogP contribution >= 0.6 is 11.8 Å². The zero-order valence-electron chi connectivity index (χ0n) is 17.4. The minimum Gasteiger partial charge on any atom is -0.489 e. The number of rotatable bonds is 6.